The molecule has 26 heavy (non-hydrogen) atoms. The molecule has 0 heterocycles. The molecule has 1 aromatic rings. The Kier molecular flexibility index (Phi) is 9.38. The van der Waals surface area contributed by atoms with E-state index in [4.69, 9.17) is 9.47 Å². The van der Waals surface area contributed by atoms with Crippen LogP contribution in [0.3, 0.4) is 0 Å². The fraction of sp³-hybridized carbons (Fsp3) is 0.739. The summed E-state index contributed by atoms with van der Waals surface area (Å²) in [5.74, 6) is 0.762. The van der Waals surface area contributed by atoms with E-state index in [2.05, 4.69) is 45.9 Å². The van der Waals surface area contributed by atoms with Crippen LogP contribution in [0.15, 0.2) is 18.2 Å². The van der Waals surface area contributed by atoms with Crippen LogP contribution < -0.4 is 5.19 Å². The maximum absolute atomic E-state index is 6.02. The number of aryl methyl sites for hydroxylation is 1. The van der Waals surface area contributed by atoms with Gasteiger partial charge in [-0.3, -0.25) is 0 Å². The predicted octanol–water partition coefficient (Wildman–Crippen LogP) is 5.08. The molecule has 2 nitrogen and oxygen atoms in total. The summed E-state index contributed by atoms with van der Waals surface area (Å²) in [5.41, 5.74) is 3.10. The third-order valence-corrected chi connectivity index (χ3v) is 7.62. The normalized spacial score (nSPS) is 16.2. The van der Waals surface area contributed by atoms with Crippen molar-refractivity contribution in [1.82, 2.24) is 0 Å². The van der Waals surface area contributed by atoms with Gasteiger partial charge in [0.1, 0.15) is 0 Å². The Labute approximate surface area is 163 Å². The first-order valence-electron chi connectivity index (χ1n) is 10.6. The molecule has 0 bridgehead atoms. The van der Waals surface area contributed by atoms with Crippen LogP contribution in [0.5, 0.6) is 0 Å². The molecule has 1 fully saturated rings. The van der Waals surface area contributed by atoms with Crippen molar-refractivity contribution in [2.45, 2.75) is 72.3 Å². The monoisotopic (exact) mass is 374 g/mol. The molecule has 0 atom stereocenters. The van der Waals surface area contributed by atoms with Gasteiger partial charge in [0, 0.05) is 18.6 Å². The highest BCUT2D eigenvalue weighted by molar-refractivity contribution is 6.54. The van der Waals surface area contributed by atoms with Crippen LogP contribution in [0.25, 0.3) is 0 Å². The second-order valence-electron chi connectivity index (χ2n) is 7.90. The summed E-state index contributed by atoms with van der Waals surface area (Å²) in [4.78, 5) is 0. The Morgan fingerprint density at radius 2 is 1.65 bits per heavy atom. The van der Waals surface area contributed by atoms with E-state index in [0.29, 0.717) is 0 Å². The van der Waals surface area contributed by atoms with Gasteiger partial charge < -0.3 is 9.47 Å². The van der Waals surface area contributed by atoms with E-state index >= 15 is 0 Å². The molecule has 0 amide bonds. The average Bonchev–Trinajstić information content (AvgIpc) is 2.67. The van der Waals surface area contributed by atoms with Crippen LogP contribution in [-0.4, -0.2) is 35.9 Å². The lowest BCUT2D eigenvalue weighted by molar-refractivity contribution is -0.0624. The van der Waals surface area contributed by atoms with Crippen LogP contribution in [-0.2, 0) is 9.47 Å². The fourth-order valence-electron chi connectivity index (χ4n) is 4.34. The van der Waals surface area contributed by atoms with Gasteiger partial charge in [-0.2, -0.15) is 0 Å². The lowest BCUT2D eigenvalue weighted by Gasteiger charge is -2.42. The Morgan fingerprint density at radius 1 is 1.00 bits per heavy atom. The number of rotatable bonds is 11. The van der Waals surface area contributed by atoms with Gasteiger partial charge in [0.05, 0.1) is 22.7 Å². The highest BCUT2D eigenvalue weighted by Crippen LogP contribution is 2.43. The van der Waals surface area contributed by atoms with Crippen molar-refractivity contribution >= 4 is 14.7 Å². The van der Waals surface area contributed by atoms with Crippen LogP contribution in [0, 0.1) is 25.2 Å². The van der Waals surface area contributed by atoms with Crippen LogP contribution >= 0.6 is 0 Å². The SMILES string of the molecule is CCOCC(CC[Si]c1cccc(C)c1C)(COCC)C1CCCCC1. The zero-order chi connectivity index (χ0) is 18.8. The highest BCUT2D eigenvalue weighted by Gasteiger charge is 2.39. The van der Waals surface area contributed by atoms with Crippen molar-refractivity contribution in [3.8, 4) is 0 Å². The van der Waals surface area contributed by atoms with Crippen LogP contribution in [0.2, 0.25) is 6.04 Å². The molecule has 2 radical (unpaired) electrons. The van der Waals surface area contributed by atoms with Crippen molar-refractivity contribution in [3.05, 3.63) is 29.3 Å². The standard InChI is InChI=1S/C23H38O2Si/c1-5-24-17-23(18-25-6-2,21-12-8-7-9-13-21)15-16-26-22-14-10-11-19(3)20(22)4/h10-11,14,21H,5-9,12-13,15-18H2,1-4H3. The van der Waals surface area contributed by atoms with E-state index in [9.17, 15) is 0 Å². The summed E-state index contributed by atoms with van der Waals surface area (Å²) in [6.07, 6.45) is 8.09. The Hall–Kier alpha value is -0.643. The number of hydrogen-bond donors (Lipinski definition) is 0. The first-order chi connectivity index (χ1) is 12.6. The molecular formula is C23H38O2Si. The summed E-state index contributed by atoms with van der Waals surface area (Å²) in [6, 6.07) is 7.99. The number of benzene rings is 1. The second-order valence-corrected chi connectivity index (χ2v) is 9.29. The van der Waals surface area contributed by atoms with Crippen LogP contribution in [0.1, 0.15) is 63.5 Å². The maximum atomic E-state index is 6.02. The van der Waals surface area contributed by atoms with Gasteiger partial charge in [0.2, 0.25) is 0 Å². The summed E-state index contributed by atoms with van der Waals surface area (Å²) in [6.45, 7) is 12.1. The van der Waals surface area contributed by atoms with E-state index in [1.807, 2.05) is 0 Å². The first-order valence-corrected chi connectivity index (χ1v) is 11.8. The summed E-state index contributed by atoms with van der Waals surface area (Å²) < 4.78 is 12.0. The van der Waals surface area contributed by atoms with E-state index in [1.54, 1.807) is 0 Å². The van der Waals surface area contributed by atoms with Crippen molar-refractivity contribution in [2.75, 3.05) is 26.4 Å². The minimum atomic E-state index is 0.206. The van der Waals surface area contributed by atoms with Gasteiger partial charge in [-0.1, -0.05) is 48.7 Å². The van der Waals surface area contributed by atoms with Gasteiger partial charge in [-0.25, -0.2) is 0 Å². The quantitative estimate of drug-likeness (QED) is 0.503. The molecule has 0 saturated heterocycles. The molecule has 1 saturated carbocycles. The molecule has 1 aliphatic rings. The molecule has 146 valence electrons. The zero-order valence-electron chi connectivity index (χ0n) is 17.4. The summed E-state index contributed by atoms with van der Waals surface area (Å²) in [5, 5.41) is 1.54. The van der Waals surface area contributed by atoms with Crippen LogP contribution in [0.4, 0.5) is 0 Å². The topological polar surface area (TPSA) is 18.5 Å². The number of hydrogen-bond acceptors (Lipinski definition) is 2. The Bertz CT molecular complexity index is 515. The zero-order valence-corrected chi connectivity index (χ0v) is 18.4. The molecular weight excluding hydrogens is 336 g/mol. The van der Waals surface area contributed by atoms with Crippen molar-refractivity contribution in [1.29, 1.82) is 0 Å². The number of ether oxygens (including phenoxy) is 2. The second kappa shape index (κ2) is 11.3. The highest BCUT2D eigenvalue weighted by atomic mass is 28.2. The minimum Gasteiger partial charge on any atom is -0.381 e. The summed E-state index contributed by atoms with van der Waals surface area (Å²) in [7, 11) is 0.887. The van der Waals surface area contributed by atoms with Crippen molar-refractivity contribution in [3.63, 3.8) is 0 Å². The molecule has 0 aliphatic heterocycles. The third kappa shape index (κ3) is 5.93. The minimum absolute atomic E-state index is 0.206. The first kappa shape index (κ1) is 21.7. The van der Waals surface area contributed by atoms with Crippen molar-refractivity contribution in [2.24, 2.45) is 11.3 Å². The largest absolute Gasteiger partial charge is 0.381 e. The molecule has 0 aromatic heterocycles. The maximum Gasteiger partial charge on any atom is 0.0811 e. The van der Waals surface area contributed by atoms with E-state index in [0.717, 1.165) is 41.9 Å². The van der Waals surface area contributed by atoms with Gasteiger partial charge in [-0.05, 0) is 64.0 Å². The molecule has 0 spiro atoms. The van der Waals surface area contributed by atoms with Gasteiger partial charge >= 0.3 is 0 Å². The Morgan fingerprint density at radius 3 is 2.27 bits per heavy atom. The van der Waals surface area contributed by atoms with E-state index in [1.165, 1.54) is 60.9 Å². The smallest absolute Gasteiger partial charge is 0.0811 e. The Balaban J connectivity index is 2.08. The average molecular weight is 375 g/mol. The lowest BCUT2D eigenvalue weighted by Crippen LogP contribution is -2.41. The molecule has 1 aliphatic carbocycles. The third-order valence-electron chi connectivity index (χ3n) is 6.20. The molecule has 0 unspecified atom stereocenters. The van der Waals surface area contributed by atoms with E-state index < -0.39 is 0 Å². The molecule has 2 rings (SSSR count). The molecule has 3 heteroatoms. The lowest BCUT2D eigenvalue weighted by atomic mass is 9.68. The summed E-state index contributed by atoms with van der Waals surface area (Å²) >= 11 is 0. The fourth-order valence-corrected chi connectivity index (χ4v) is 5.91. The molecule has 1 aromatic carbocycles. The van der Waals surface area contributed by atoms with Gasteiger partial charge in [0.15, 0.2) is 0 Å². The van der Waals surface area contributed by atoms with Gasteiger partial charge in [0.25, 0.3) is 0 Å². The van der Waals surface area contributed by atoms with E-state index in [-0.39, 0.29) is 5.41 Å². The molecule has 0 N–H and O–H groups in total. The predicted molar refractivity (Wildman–Crippen MR) is 113 cm³/mol. The van der Waals surface area contributed by atoms with Crippen molar-refractivity contribution < 1.29 is 9.47 Å². The van der Waals surface area contributed by atoms with Gasteiger partial charge in [-0.15, -0.1) is 0 Å².